The molecule has 0 spiro atoms. The molecule has 0 radical (unpaired) electrons. The number of benzene rings is 1. The fourth-order valence-corrected chi connectivity index (χ4v) is 3.47. The zero-order valence-electron chi connectivity index (χ0n) is 15.5. The molecule has 1 atom stereocenters. The highest BCUT2D eigenvalue weighted by Gasteiger charge is 2.26. The molecule has 7 nitrogen and oxygen atoms in total. The number of amides is 1. The zero-order valence-corrected chi connectivity index (χ0v) is 15.5. The molecular formula is C20H28N4O3. The quantitative estimate of drug-likeness (QED) is 0.615. The lowest BCUT2D eigenvalue weighted by molar-refractivity contribution is -0.118. The number of nitrogens with one attached hydrogen (secondary N) is 1. The van der Waals surface area contributed by atoms with Gasteiger partial charge in [-0.05, 0) is 5.56 Å². The van der Waals surface area contributed by atoms with E-state index in [1.54, 1.807) is 0 Å². The molecule has 3 rings (SSSR count). The van der Waals surface area contributed by atoms with Crippen LogP contribution in [-0.4, -0.2) is 84.6 Å². The molecular weight excluding hydrogens is 344 g/mol. The molecule has 1 fully saturated rings. The molecule has 7 heteroatoms. The number of piperazine rings is 1. The van der Waals surface area contributed by atoms with Gasteiger partial charge < -0.3 is 15.5 Å². The number of aliphatic imine (C=N–C) groups is 1. The standard InChI is InChI=1S/C20H28N4O3/c25-13-12-24-10-8-23(9-11-24)7-6-21-15-17-19(26)14-18(22-20(17)27)16-4-2-1-3-5-16/h1-5,15,18,25-26H,6-14H2,(H,22,27). The topological polar surface area (TPSA) is 88.4 Å². The van der Waals surface area contributed by atoms with E-state index in [0.29, 0.717) is 13.0 Å². The van der Waals surface area contributed by atoms with Crippen molar-refractivity contribution in [1.29, 1.82) is 0 Å². The second-order valence-electron chi connectivity index (χ2n) is 6.94. The Labute approximate surface area is 160 Å². The van der Waals surface area contributed by atoms with Crippen LogP contribution in [0.4, 0.5) is 0 Å². The summed E-state index contributed by atoms with van der Waals surface area (Å²) in [5.41, 5.74) is 1.24. The number of hydrogen-bond acceptors (Lipinski definition) is 6. The second-order valence-corrected chi connectivity index (χ2v) is 6.94. The Morgan fingerprint density at radius 2 is 1.78 bits per heavy atom. The number of nitrogens with zero attached hydrogens (tertiary/aromatic N) is 3. The molecule has 1 unspecified atom stereocenters. The highest BCUT2D eigenvalue weighted by Crippen LogP contribution is 2.25. The number of carbonyl (C=O) groups excluding carboxylic acids is 1. The Morgan fingerprint density at radius 3 is 2.41 bits per heavy atom. The van der Waals surface area contributed by atoms with E-state index in [1.807, 2.05) is 30.3 Å². The zero-order chi connectivity index (χ0) is 19.1. The van der Waals surface area contributed by atoms with Gasteiger partial charge >= 0.3 is 0 Å². The Hall–Kier alpha value is -2.22. The number of carbonyl (C=O) groups is 1. The Kier molecular flexibility index (Phi) is 6.98. The van der Waals surface area contributed by atoms with E-state index in [-0.39, 0.29) is 29.9 Å². The van der Waals surface area contributed by atoms with Gasteiger partial charge in [0.15, 0.2) is 0 Å². The molecule has 1 amide bonds. The summed E-state index contributed by atoms with van der Waals surface area (Å²) in [5, 5.41) is 22.2. The minimum atomic E-state index is -0.283. The van der Waals surface area contributed by atoms with E-state index in [4.69, 9.17) is 5.11 Å². The Balaban J connectivity index is 1.48. The van der Waals surface area contributed by atoms with Crippen molar-refractivity contribution in [2.45, 2.75) is 12.5 Å². The summed E-state index contributed by atoms with van der Waals surface area (Å²) in [4.78, 5) is 21.2. The molecule has 2 aliphatic rings. The lowest BCUT2D eigenvalue weighted by Gasteiger charge is -2.33. The summed E-state index contributed by atoms with van der Waals surface area (Å²) >= 11 is 0. The Morgan fingerprint density at radius 1 is 1.11 bits per heavy atom. The van der Waals surface area contributed by atoms with Gasteiger partial charge in [-0.1, -0.05) is 30.3 Å². The van der Waals surface area contributed by atoms with E-state index in [2.05, 4.69) is 20.1 Å². The number of β-amino-alcohol motifs (C(OH)–C–C–N with tert-alkyl or cyclic N) is 1. The third-order valence-electron chi connectivity index (χ3n) is 5.11. The van der Waals surface area contributed by atoms with Gasteiger partial charge in [-0.2, -0.15) is 0 Å². The van der Waals surface area contributed by atoms with Gasteiger partial charge in [0.1, 0.15) is 5.76 Å². The number of aliphatic hydroxyl groups is 2. The van der Waals surface area contributed by atoms with Crippen molar-refractivity contribution in [1.82, 2.24) is 15.1 Å². The predicted octanol–water partition coefficient (Wildman–Crippen LogP) is 0.740. The van der Waals surface area contributed by atoms with Crippen LogP contribution < -0.4 is 5.32 Å². The minimum absolute atomic E-state index is 0.0916. The molecule has 2 aliphatic heterocycles. The summed E-state index contributed by atoms with van der Waals surface area (Å²) in [7, 11) is 0. The first-order valence-electron chi connectivity index (χ1n) is 9.50. The van der Waals surface area contributed by atoms with Crippen LogP contribution in [0.1, 0.15) is 18.0 Å². The number of aliphatic hydroxyl groups excluding tert-OH is 2. The van der Waals surface area contributed by atoms with Crippen LogP contribution in [-0.2, 0) is 4.79 Å². The third kappa shape index (κ3) is 5.38. The van der Waals surface area contributed by atoms with Crippen molar-refractivity contribution < 1.29 is 15.0 Å². The molecule has 2 heterocycles. The molecule has 1 aromatic carbocycles. The van der Waals surface area contributed by atoms with Crippen LogP contribution in [0.25, 0.3) is 0 Å². The molecule has 0 aromatic heterocycles. The first kappa shape index (κ1) is 19.5. The van der Waals surface area contributed by atoms with E-state index in [9.17, 15) is 9.90 Å². The maximum absolute atomic E-state index is 12.3. The van der Waals surface area contributed by atoms with Crippen LogP contribution in [0.3, 0.4) is 0 Å². The summed E-state index contributed by atoms with van der Waals surface area (Å²) in [6.45, 7) is 6.19. The van der Waals surface area contributed by atoms with Gasteiger partial charge in [0, 0.05) is 51.9 Å². The Bertz CT molecular complexity index is 682. The summed E-state index contributed by atoms with van der Waals surface area (Å²) in [6.07, 6.45) is 1.87. The van der Waals surface area contributed by atoms with Crippen LogP contribution in [0.2, 0.25) is 0 Å². The van der Waals surface area contributed by atoms with Crippen molar-refractivity contribution in [2.24, 2.45) is 4.99 Å². The molecule has 0 aliphatic carbocycles. The van der Waals surface area contributed by atoms with Gasteiger partial charge in [-0.3, -0.25) is 19.6 Å². The fourth-order valence-electron chi connectivity index (χ4n) is 3.47. The SMILES string of the molecule is O=C1NC(c2ccccc2)CC(O)=C1C=NCCN1CCN(CCO)CC1. The summed E-state index contributed by atoms with van der Waals surface area (Å²) < 4.78 is 0. The number of hydrogen-bond donors (Lipinski definition) is 3. The normalized spacial score (nSPS) is 22.4. The molecule has 0 saturated carbocycles. The number of rotatable bonds is 7. The molecule has 146 valence electrons. The molecule has 27 heavy (non-hydrogen) atoms. The van der Waals surface area contributed by atoms with Crippen LogP contribution in [0, 0.1) is 0 Å². The highest BCUT2D eigenvalue weighted by atomic mass is 16.3. The van der Waals surface area contributed by atoms with E-state index >= 15 is 0 Å². The van der Waals surface area contributed by atoms with E-state index in [0.717, 1.165) is 44.8 Å². The van der Waals surface area contributed by atoms with Crippen molar-refractivity contribution in [3.8, 4) is 0 Å². The van der Waals surface area contributed by atoms with Crippen LogP contribution in [0.15, 0.2) is 46.7 Å². The lowest BCUT2D eigenvalue weighted by atomic mass is 9.97. The first-order valence-corrected chi connectivity index (χ1v) is 9.50. The van der Waals surface area contributed by atoms with Crippen molar-refractivity contribution in [3.05, 3.63) is 47.2 Å². The molecule has 0 bridgehead atoms. The van der Waals surface area contributed by atoms with E-state index < -0.39 is 0 Å². The molecule has 1 saturated heterocycles. The smallest absolute Gasteiger partial charge is 0.256 e. The monoisotopic (exact) mass is 372 g/mol. The molecule has 1 aromatic rings. The molecule has 3 N–H and O–H groups in total. The van der Waals surface area contributed by atoms with Gasteiger partial charge in [0.25, 0.3) is 5.91 Å². The highest BCUT2D eigenvalue weighted by molar-refractivity contribution is 6.13. The maximum atomic E-state index is 12.3. The fraction of sp³-hybridized carbons (Fsp3) is 0.500. The van der Waals surface area contributed by atoms with Crippen molar-refractivity contribution >= 4 is 12.1 Å². The average Bonchev–Trinajstić information content (AvgIpc) is 2.69. The maximum Gasteiger partial charge on any atom is 0.256 e. The van der Waals surface area contributed by atoms with Gasteiger partial charge in [-0.15, -0.1) is 0 Å². The minimum Gasteiger partial charge on any atom is -0.511 e. The third-order valence-corrected chi connectivity index (χ3v) is 5.11. The summed E-state index contributed by atoms with van der Waals surface area (Å²) in [6, 6.07) is 9.45. The summed E-state index contributed by atoms with van der Waals surface area (Å²) in [5.74, 6) is -0.192. The van der Waals surface area contributed by atoms with Crippen LogP contribution >= 0.6 is 0 Å². The van der Waals surface area contributed by atoms with Gasteiger partial charge in [0.2, 0.25) is 0 Å². The first-order chi connectivity index (χ1) is 13.2. The van der Waals surface area contributed by atoms with Gasteiger partial charge in [-0.25, -0.2) is 0 Å². The van der Waals surface area contributed by atoms with Crippen LogP contribution in [0.5, 0.6) is 0 Å². The van der Waals surface area contributed by atoms with Crippen molar-refractivity contribution in [3.63, 3.8) is 0 Å². The van der Waals surface area contributed by atoms with Crippen molar-refractivity contribution in [2.75, 3.05) is 52.4 Å². The van der Waals surface area contributed by atoms with E-state index in [1.165, 1.54) is 6.21 Å². The average molecular weight is 372 g/mol. The largest absolute Gasteiger partial charge is 0.511 e. The lowest BCUT2D eigenvalue weighted by Crippen LogP contribution is -2.47. The van der Waals surface area contributed by atoms with Gasteiger partial charge in [0.05, 0.1) is 24.8 Å². The second kappa shape index (κ2) is 9.64. The predicted molar refractivity (Wildman–Crippen MR) is 105 cm³/mol.